The minimum atomic E-state index is -0.964. The summed E-state index contributed by atoms with van der Waals surface area (Å²) in [6, 6.07) is 13.4. The van der Waals surface area contributed by atoms with E-state index in [9.17, 15) is 9.90 Å². The molecule has 2 N–H and O–H groups in total. The van der Waals surface area contributed by atoms with Crippen molar-refractivity contribution in [2.24, 2.45) is 5.92 Å². The van der Waals surface area contributed by atoms with Crippen LogP contribution in [0.25, 0.3) is 22.2 Å². The number of benzene rings is 2. The molecule has 0 radical (unpaired) electrons. The van der Waals surface area contributed by atoms with Crippen molar-refractivity contribution in [1.29, 1.82) is 0 Å². The van der Waals surface area contributed by atoms with Crippen molar-refractivity contribution >= 4 is 22.6 Å². The molecule has 1 saturated heterocycles. The molecule has 2 fully saturated rings. The van der Waals surface area contributed by atoms with Gasteiger partial charge in [0.15, 0.2) is 0 Å². The lowest BCUT2D eigenvalue weighted by molar-refractivity contribution is 0.0697. The molecule has 9 heteroatoms. The monoisotopic (exact) mass is 570 g/mol. The summed E-state index contributed by atoms with van der Waals surface area (Å²) in [4.78, 5) is 20.3. The number of nitrogens with zero attached hydrogens (tertiary/aromatic N) is 3. The van der Waals surface area contributed by atoms with Gasteiger partial charge in [0.25, 0.3) is 0 Å². The van der Waals surface area contributed by atoms with Crippen LogP contribution in [0.3, 0.4) is 0 Å². The van der Waals surface area contributed by atoms with Crippen molar-refractivity contribution in [1.82, 2.24) is 14.5 Å². The Kier molecular flexibility index (Phi) is 7.27. The number of ether oxygens (including phenoxy) is 2. The number of carboxylic acids is 1. The van der Waals surface area contributed by atoms with Crippen LogP contribution in [-0.2, 0) is 17.9 Å². The quantitative estimate of drug-likeness (QED) is 0.270. The zero-order chi connectivity index (χ0) is 28.6. The van der Waals surface area contributed by atoms with Gasteiger partial charge in [-0.15, -0.1) is 0 Å². The van der Waals surface area contributed by atoms with Gasteiger partial charge in [-0.3, -0.25) is 0 Å². The summed E-state index contributed by atoms with van der Waals surface area (Å²) >= 11 is 0. The van der Waals surface area contributed by atoms with Crippen molar-refractivity contribution in [3.05, 3.63) is 71.8 Å². The molecule has 1 aliphatic carbocycles. The molecule has 3 unspecified atom stereocenters. The molecule has 1 saturated carbocycles. The first-order valence-electron chi connectivity index (χ1n) is 15.0. The van der Waals surface area contributed by atoms with Gasteiger partial charge in [-0.25, -0.2) is 19.2 Å². The van der Waals surface area contributed by atoms with Gasteiger partial charge < -0.3 is 24.5 Å². The van der Waals surface area contributed by atoms with E-state index >= 15 is 4.39 Å². The average Bonchev–Trinajstić information content (AvgIpc) is 3.64. The van der Waals surface area contributed by atoms with Crippen molar-refractivity contribution in [3.8, 4) is 17.0 Å². The number of aromatic nitrogens is 3. The van der Waals surface area contributed by atoms with Crippen LogP contribution in [0.15, 0.2) is 55.0 Å². The second-order valence-electron chi connectivity index (χ2n) is 11.7. The van der Waals surface area contributed by atoms with Crippen LogP contribution in [0.4, 0.5) is 10.1 Å². The molecule has 4 atom stereocenters. The standard InChI is InChI=1S/C33H35FN4O4/c34-27-4-2-1-3-24(27)31-26-7-5-20(33(39)40)15-30(26)38-13-10-28(21-11-14-41-17-21)37-29-16-23(6-8-25(29)32(31)38)42-18-22-9-12-35-19-36-22/h5-9,12,15-16,19,21,24,27-28,37H,1-4,10-11,13-14,17-18H2,(H,39,40)/t21?,24?,27-,28?/m0/s1. The number of anilines is 1. The number of aromatic carboxylic acids is 1. The molecule has 42 heavy (non-hydrogen) atoms. The summed E-state index contributed by atoms with van der Waals surface area (Å²) in [5.74, 6) is -0.141. The van der Waals surface area contributed by atoms with E-state index in [0.717, 1.165) is 77.8 Å². The summed E-state index contributed by atoms with van der Waals surface area (Å²) in [6.07, 6.45) is 7.28. The Morgan fingerprint density at radius 3 is 2.81 bits per heavy atom. The SMILES string of the molecule is O=C(O)c1ccc2c(C3CCCC[C@@H]3F)c3n(c2c1)CCC(C1CCOC1)Nc1cc(OCc2ccncn2)ccc1-3. The van der Waals surface area contributed by atoms with Crippen LogP contribution in [0.2, 0.25) is 0 Å². The highest BCUT2D eigenvalue weighted by Gasteiger charge is 2.35. The van der Waals surface area contributed by atoms with Gasteiger partial charge in [0.2, 0.25) is 0 Å². The Hall–Kier alpha value is -3.98. The molecule has 2 aromatic heterocycles. The number of carbonyl (C=O) groups is 1. The van der Waals surface area contributed by atoms with Crippen molar-refractivity contribution in [2.45, 2.75) is 69.8 Å². The number of alkyl halides is 1. The summed E-state index contributed by atoms with van der Waals surface area (Å²) in [5, 5.41) is 14.6. The summed E-state index contributed by atoms with van der Waals surface area (Å²) in [5.41, 5.74) is 5.77. The van der Waals surface area contributed by atoms with Gasteiger partial charge in [-0.05, 0) is 61.6 Å². The Bertz CT molecular complexity index is 1600. The van der Waals surface area contributed by atoms with Gasteiger partial charge >= 0.3 is 5.97 Å². The number of fused-ring (bicyclic) bond motifs is 5. The summed E-state index contributed by atoms with van der Waals surface area (Å²) in [6.45, 7) is 2.46. The second kappa shape index (κ2) is 11.4. The molecule has 4 heterocycles. The number of rotatable bonds is 6. The molecule has 0 bridgehead atoms. The van der Waals surface area contributed by atoms with Crippen LogP contribution in [0.1, 0.15) is 66.1 Å². The zero-order valence-corrected chi connectivity index (χ0v) is 23.5. The molecule has 0 spiro atoms. The fraction of sp³-hybridized carbons (Fsp3) is 0.424. The van der Waals surface area contributed by atoms with Gasteiger partial charge in [0.1, 0.15) is 24.9 Å². The van der Waals surface area contributed by atoms with Crippen LogP contribution < -0.4 is 10.1 Å². The van der Waals surface area contributed by atoms with E-state index in [1.165, 1.54) is 6.33 Å². The summed E-state index contributed by atoms with van der Waals surface area (Å²) in [7, 11) is 0. The molecule has 218 valence electrons. The fourth-order valence-electron chi connectivity index (χ4n) is 7.08. The predicted molar refractivity (Wildman–Crippen MR) is 158 cm³/mol. The zero-order valence-electron chi connectivity index (χ0n) is 23.5. The number of hydrogen-bond donors (Lipinski definition) is 2. The van der Waals surface area contributed by atoms with E-state index in [-0.39, 0.29) is 17.5 Å². The molecule has 2 aliphatic heterocycles. The third kappa shape index (κ3) is 5.00. The normalized spacial score (nSPS) is 23.8. The first-order chi connectivity index (χ1) is 20.6. The van der Waals surface area contributed by atoms with E-state index in [1.54, 1.807) is 18.3 Å². The van der Waals surface area contributed by atoms with Gasteiger partial charge in [0.05, 0.1) is 23.6 Å². The number of aryl methyl sites for hydroxylation is 1. The Morgan fingerprint density at radius 1 is 1.12 bits per heavy atom. The van der Waals surface area contributed by atoms with Crippen LogP contribution in [0.5, 0.6) is 5.75 Å². The average molecular weight is 571 g/mol. The minimum absolute atomic E-state index is 0.156. The first kappa shape index (κ1) is 26.9. The largest absolute Gasteiger partial charge is 0.487 e. The molecule has 8 nitrogen and oxygen atoms in total. The molecule has 2 aromatic carbocycles. The third-order valence-corrected chi connectivity index (χ3v) is 9.22. The van der Waals surface area contributed by atoms with Crippen LogP contribution >= 0.6 is 0 Å². The highest BCUT2D eigenvalue weighted by atomic mass is 19.1. The van der Waals surface area contributed by atoms with Gasteiger partial charge in [-0.2, -0.15) is 0 Å². The van der Waals surface area contributed by atoms with Crippen molar-refractivity contribution in [2.75, 3.05) is 18.5 Å². The molecular formula is C33H35FN4O4. The van der Waals surface area contributed by atoms with E-state index < -0.39 is 12.1 Å². The maximum absolute atomic E-state index is 15.7. The topological polar surface area (TPSA) is 98.5 Å². The third-order valence-electron chi connectivity index (χ3n) is 9.22. The molecule has 3 aliphatic rings. The fourth-order valence-corrected chi connectivity index (χ4v) is 7.08. The first-order valence-corrected chi connectivity index (χ1v) is 15.0. The molecule has 0 amide bonds. The maximum Gasteiger partial charge on any atom is 0.335 e. The highest BCUT2D eigenvalue weighted by molar-refractivity contribution is 5.99. The predicted octanol–water partition coefficient (Wildman–Crippen LogP) is 6.59. The van der Waals surface area contributed by atoms with E-state index in [2.05, 4.69) is 25.9 Å². The Balaban J connectivity index is 1.39. The molecular weight excluding hydrogens is 535 g/mol. The maximum atomic E-state index is 15.7. The number of nitrogens with one attached hydrogen (secondary N) is 1. The summed E-state index contributed by atoms with van der Waals surface area (Å²) < 4.78 is 29.9. The van der Waals surface area contributed by atoms with Crippen molar-refractivity contribution in [3.63, 3.8) is 0 Å². The van der Waals surface area contributed by atoms with Crippen molar-refractivity contribution < 1.29 is 23.8 Å². The highest BCUT2D eigenvalue weighted by Crippen LogP contribution is 2.48. The van der Waals surface area contributed by atoms with Crippen LogP contribution in [0, 0.1) is 5.92 Å². The van der Waals surface area contributed by atoms with E-state index in [1.807, 2.05) is 24.3 Å². The Labute approximate surface area is 243 Å². The van der Waals surface area contributed by atoms with Crippen LogP contribution in [-0.4, -0.2) is 51.0 Å². The lowest BCUT2D eigenvalue weighted by Crippen LogP contribution is -2.32. The lowest BCUT2D eigenvalue weighted by Gasteiger charge is -2.32. The number of carboxylic acid groups (broad SMARTS) is 1. The van der Waals surface area contributed by atoms with Gasteiger partial charge in [0, 0.05) is 65.4 Å². The Morgan fingerprint density at radius 2 is 2.02 bits per heavy atom. The second-order valence-corrected chi connectivity index (χ2v) is 11.7. The number of hydrogen-bond acceptors (Lipinski definition) is 6. The lowest BCUT2D eigenvalue weighted by atomic mass is 9.80. The number of halogens is 1. The van der Waals surface area contributed by atoms with Gasteiger partial charge in [-0.1, -0.05) is 18.9 Å². The molecule has 7 rings (SSSR count). The van der Waals surface area contributed by atoms with E-state index in [0.29, 0.717) is 37.8 Å². The van der Waals surface area contributed by atoms with E-state index in [4.69, 9.17) is 9.47 Å². The smallest absolute Gasteiger partial charge is 0.335 e. The molecule has 4 aromatic rings. The minimum Gasteiger partial charge on any atom is -0.487 e.